The zero-order chi connectivity index (χ0) is 12.3. The summed E-state index contributed by atoms with van der Waals surface area (Å²) in [6, 6.07) is 8.59. The fourth-order valence-corrected chi connectivity index (χ4v) is 1.77. The van der Waals surface area contributed by atoms with E-state index in [0.717, 1.165) is 12.2 Å². The maximum atomic E-state index is 4.19. The molecule has 0 bridgehead atoms. The van der Waals surface area contributed by atoms with Crippen LogP contribution in [0.3, 0.4) is 0 Å². The third-order valence-electron chi connectivity index (χ3n) is 2.94. The van der Waals surface area contributed by atoms with Gasteiger partial charge in [0.2, 0.25) is 0 Å². The van der Waals surface area contributed by atoms with Crippen LogP contribution in [0.5, 0.6) is 0 Å². The Labute approximate surface area is 103 Å². The van der Waals surface area contributed by atoms with Crippen molar-refractivity contribution < 1.29 is 0 Å². The molecule has 88 valence electrons. The van der Waals surface area contributed by atoms with Crippen LogP contribution in [0.15, 0.2) is 36.7 Å². The number of rotatable bonds is 3. The first-order valence-corrected chi connectivity index (χ1v) is 5.87. The van der Waals surface area contributed by atoms with Gasteiger partial charge in [0.25, 0.3) is 0 Å². The molecule has 17 heavy (non-hydrogen) atoms. The summed E-state index contributed by atoms with van der Waals surface area (Å²) in [4.78, 5) is 4.19. The molecule has 1 aromatic carbocycles. The van der Waals surface area contributed by atoms with Gasteiger partial charge in [-0.05, 0) is 55.2 Å². The van der Waals surface area contributed by atoms with Crippen molar-refractivity contribution in [1.82, 2.24) is 4.98 Å². The van der Waals surface area contributed by atoms with E-state index in [9.17, 15) is 0 Å². The Kier molecular flexibility index (Phi) is 3.43. The molecule has 0 spiro atoms. The molecule has 1 aromatic heterocycles. The summed E-state index contributed by atoms with van der Waals surface area (Å²) in [5.41, 5.74) is 6.22. The van der Waals surface area contributed by atoms with Crippen molar-refractivity contribution in [2.75, 3.05) is 5.32 Å². The van der Waals surface area contributed by atoms with E-state index < -0.39 is 0 Å². The number of hydrogen-bond acceptors (Lipinski definition) is 2. The van der Waals surface area contributed by atoms with Crippen LogP contribution in [-0.4, -0.2) is 4.98 Å². The molecule has 1 N–H and O–H groups in total. The molecule has 0 unspecified atom stereocenters. The minimum absolute atomic E-state index is 0.817. The van der Waals surface area contributed by atoms with Crippen molar-refractivity contribution in [2.45, 2.75) is 27.3 Å². The molecular weight excluding hydrogens is 208 g/mol. The zero-order valence-electron chi connectivity index (χ0n) is 10.6. The summed E-state index contributed by atoms with van der Waals surface area (Å²) in [5, 5.41) is 3.42. The average molecular weight is 226 g/mol. The number of aromatic nitrogens is 1. The van der Waals surface area contributed by atoms with E-state index in [1.165, 1.54) is 22.3 Å². The van der Waals surface area contributed by atoms with E-state index in [-0.39, 0.29) is 0 Å². The summed E-state index contributed by atoms with van der Waals surface area (Å²) in [6.45, 7) is 7.14. The second-order valence-corrected chi connectivity index (χ2v) is 4.52. The second kappa shape index (κ2) is 5.00. The first-order chi connectivity index (χ1) is 8.15. The number of pyridine rings is 1. The third kappa shape index (κ3) is 3.06. The van der Waals surface area contributed by atoms with Gasteiger partial charge < -0.3 is 5.32 Å². The van der Waals surface area contributed by atoms with Gasteiger partial charge in [0, 0.05) is 24.6 Å². The highest BCUT2D eigenvalue weighted by Gasteiger charge is 1.97. The molecule has 0 atom stereocenters. The predicted molar refractivity (Wildman–Crippen MR) is 72.2 cm³/mol. The zero-order valence-corrected chi connectivity index (χ0v) is 10.6. The minimum Gasteiger partial charge on any atom is -0.381 e. The van der Waals surface area contributed by atoms with Crippen molar-refractivity contribution in [3.8, 4) is 0 Å². The molecular formula is C15H18N2. The SMILES string of the molecule is Cc1cncc(CNc2ccc(C)c(C)c2)c1. The molecule has 0 saturated carbocycles. The normalized spacial score (nSPS) is 10.3. The molecule has 0 radical (unpaired) electrons. The third-order valence-corrected chi connectivity index (χ3v) is 2.94. The van der Waals surface area contributed by atoms with Crippen LogP contribution in [0.2, 0.25) is 0 Å². The quantitative estimate of drug-likeness (QED) is 0.864. The number of hydrogen-bond donors (Lipinski definition) is 1. The molecule has 2 nitrogen and oxygen atoms in total. The lowest BCUT2D eigenvalue weighted by Crippen LogP contribution is -2.00. The Morgan fingerprint density at radius 1 is 1.00 bits per heavy atom. The number of benzene rings is 1. The molecule has 0 fully saturated rings. The molecule has 2 rings (SSSR count). The van der Waals surface area contributed by atoms with Crippen molar-refractivity contribution >= 4 is 5.69 Å². The summed E-state index contributed by atoms with van der Waals surface area (Å²) in [5.74, 6) is 0. The maximum Gasteiger partial charge on any atom is 0.0416 e. The van der Waals surface area contributed by atoms with Gasteiger partial charge in [0.1, 0.15) is 0 Å². The summed E-state index contributed by atoms with van der Waals surface area (Å²) >= 11 is 0. The lowest BCUT2D eigenvalue weighted by atomic mass is 10.1. The van der Waals surface area contributed by atoms with E-state index in [1.807, 2.05) is 12.4 Å². The molecule has 0 amide bonds. The first kappa shape index (κ1) is 11.6. The van der Waals surface area contributed by atoms with Crippen LogP contribution in [0.1, 0.15) is 22.3 Å². The molecule has 0 aliphatic rings. The van der Waals surface area contributed by atoms with Crippen LogP contribution in [0.4, 0.5) is 5.69 Å². The lowest BCUT2D eigenvalue weighted by molar-refractivity contribution is 1.09. The van der Waals surface area contributed by atoms with E-state index in [2.05, 4.69) is 55.3 Å². The van der Waals surface area contributed by atoms with E-state index >= 15 is 0 Å². The van der Waals surface area contributed by atoms with Crippen molar-refractivity contribution in [1.29, 1.82) is 0 Å². The maximum absolute atomic E-state index is 4.19. The van der Waals surface area contributed by atoms with Crippen LogP contribution in [0.25, 0.3) is 0 Å². The minimum atomic E-state index is 0.817. The Morgan fingerprint density at radius 2 is 1.82 bits per heavy atom. The van der Waals surface area contributed by atoms with Crippen molar-refractivity contribution in [3.05, 3.63) is 58.9 Å². The topological polar surface area (TPSA) is 24.9 Å². The monoisotopic (exact) mass is 226 g/mol. The van der Waals surface area contributed by atoms with Gasteiger partial charge in [-0.1, -0.05) is 12.1 Å². The molecule has 1 heterocycles. The Bertz CT molecular complexity index is 518. The summed E-state index contributed by atoms with van der Waals surface area (Å²) in [6.07, 6.45) is 3.78. The van der Waals surface area contributed by atoms with Gasteiger partial charge in [-0.2, -0.15) is 0 Å². The first-order valence-electron chi connectivity index (χ1n) is 5.87. The van der Waals surface area contributed by atoms with E-state index in [4.69, 9.17) is 0 Å². The Hall–Kier alpha value is -1.83. The van der Waals surface area contributed by atoms with Gasteiger partial charge in [0.05, 0.1) is 0 Å². The number of anilines is 1. The molecule has 0 aliphatic heterocycles. The number of aryl methyl sites for hydroxylation is 3. The van der Waals surface area contributed by atoms with Crippen LogP contribution in [-0.2, 0) is 6.54 Å². The highest BCUT2D eigenvalue weighted by molar-refractivity contribution is 5.48. The summed E-state index contributed by atoms with van der Waals surface area (Å²) < 4.78 is 0. The van der Waals surface area contributed by atoms with Gasteiger partial charge in [-0.15, -0.1) is 0 Å². The largest absolute Gasteiger partial charge is 0.381 e. The van der Waals surface area contributed by atoms with Crippen LogP contribution >= 0.6 is 0 Å². The Balaban J connectivity index is 2.05. The second-order valence-electron chi connectivity index (χ2n) is 4.52. The highest BCUT2D eigenvalue weighted by atomic mass is 14.9. The van der Waals surface area contributed by atoms with Gasteiger partial charge in [-0.3, -0.25) is 4.98 Å². The lowest BCUT2D eigenvalue weighted by Gasteiger charge is -2.09. The standard InChI is InChI=1S/C15H18N2/c1-11-6-14(9-16-8-11)10-17-15-5-4-12(2)13(3)7-15/h4-9,17H,10H2,1-3H3. The smallest absolute Gasteiger partial charge is 0.0416 e. The molecule has 2 aromatic rings. The number of nitrogens with zero attached hydrogens (tertiary/aromatic N) is 1. The van der Waals surface area contributed by atoms with Crippen molar-refractivity contribution in [3.63, 3.8) is 0 Å². The van der Waals surface area contributed by atoms with Gasteiger partial charge >= 0.3 is 0 Å². The van der Waals surface area contributed by atoms with Gasteiger partial charge in [-0.25, -0.2) is 0 Å². The average Bonchev–Trinajstić information content (AvgIpc) is 2.31. The molecule has 0 saturated heterocycles. The van der Waals surface area contributed by atoms with E-state index in [1.54, 1.807) is 0 Å². The fourth-order valence-electron chi connectivity index (χ4n) is 1.77. The highest BCUT2D eigenvalue weighted by Crippen LogP contribution is 2.15. The molecule has 2 heteroatoms. The molecule has 0 aliphatic carbocycles. The van der Waals surface area contributed by atoms with Crippen LogP contribution < -0.4 is 5.32 Å². The van der Waals surface area contributed by atoms with E-state index in [0.29, 0.717) is 0 Å². The predicted octanol–water partition coefficient (Wildman–Crippen LogP) is 3.62. The summed E-state index contributed by atoms with van der Waals surface area (Å²) in [7, 11) is 0. The van der Waals surface area contributed by atoms with Crippen molar-refractivity contribution in [2.24, 2.45) is 0 Å². The van der Waals surface area contributed by atoms with Crippen LogP contribution in [0, 0.1) is 20.8 Å². The fraction of sp³-hybridized carbons (Fsp3) is 0.267. The van der Waals surface area contributed by atoms with Gasteiger partial charge in [0.15, 0.2) is 0 Å². The number of nitrogens with one attached hydrogen (secondary N) is 1. The Morgan fingerprint density at radius 3 is 2.53 bits per heavy atom.